The van der Waals surface area contributed by atoms with E-state index in [0.717, 1.165) is 70.6 Å². The van der Waals surface area contributed by atoms with Crippen LogP contribution in [0.4, 0.5) is 0 Å². The van der Waals surface area contributed by atoms with Crippen LogP contribution in [-0.4, -0.2) is 193 Å². The lowest BCUT2D eigenvalue weighted by Crippen LogP contribution is -2.66. The molecule has 3 heterocycles. The maximum Gasteiger partial charge on any atom is 0.220 e. The van der Waals surface area contributed by atoms with E-state index in [1.54, 1.807) is 6.08 Å². The second-order valence-electron chi connectivity index (χ2n) is 25.0. The minimum absolute atomic E-state index is 0.234. The van der Waals surface area contributed by atoms with E-state index in [-0.39, 0.29) is 18.9 Å². The molecule has 12 N–H and O–H groups in total. The van der Waals surface area contributed by atoms with E-state index < -0.39 is 124 Å². The minimum Gasteiger partial charge on any atom is -0.394 e. The number of hydrogen-bond acceptors (Lipinski definition) is 18. The zero-order valence-corrected chi connectivity index (χ0v) is 54.2. The van der Waals surface area contributed by atoms with Crippen molar-refractivity contribution >= 4 is 5.91 Å². The normalized spacial score (nSPS) is 28.7. The molecule has 0 bridgehead atoms. The molecule has 0 saturated carbocycles. The van der Waals surface area contributed by atoms with E-state index in [9.17, 15) is 61.0 Å². The molecule has 1 amide bonds. The van der Waals surface area contributed by atoms with Crippen LogP contribution >= 0.6 is 0 Å². The van der Waals surface area contributed by atoms with E-state index in [1.165, 1.54) is 154 Å². The molecule has 19 heteroatoms. The summed E-state index contributed by atoms with van der Waals surface area (Å²) in [4.78, 5) is 13.4. The van der Waals surface area contributed by atoms with Crippen molar-refractivity contribution in [1.82, 2.24) is 5.32 Å². The summed E-state index contributed by atoms with van der Waals surface area (Å²) in [5.74, 6) is -0.282. The highest BCUT2D eigenvalue weighted by atomic mass is 16.8. The standard InChI is InChI=1S/C69H125NO18/c1-3-5-7-9-11-13-15-17-19-21-23-25-26-27-29-31-33-35-37-39-41-43-45-47-57(75)70-52(53(74)46-44-42-40-38-36-34-32-30-28-24-22-20-18-16-14-12-10-8-6-4-2)51-83-67-63(81)60(78)65(55(49-72)85-67)88-69-64(82)61(79)66(56(50-73)86-69)87-68-62(80)59(77)58(76)54(48-71)84-68/h15,17,21,23,26-27,44,46,52-56,58-69,71-74,76-82H,3-14,16,18-20,22,24-25,28-43,45,47-51H2,1-2H3,(H,70,75)/b17-15-,23-21-,27-26-,46-44+. The maximum atomic E-state index is 13.4. The van der Waals surface area contributed by atoms with Gasteiger partial charge in [-0.05, 0) is 57.8 Å². The van der Waals surface area contributed by atoms with Crippen LogP contribution in [0.5, 0.6) is 0 Å². The van der Waals surface area contributed by atoms with Gasteiger partial charge in [-0.15, -0.1) is 0 Å². The van der Waals surface area contributed by atoms with Crippen molar-refractivity contribution in [3.8, 4) is 0 Å². The highest BCUT2D eigenvalue weighted by molar-refractivity contribution is 5.76. The zero-order valence-electron chi connectivity index (χ0n) is 54.2. The molecule has 514 valence electrons. The van der Waals surface area contributed by atoms with Crippen LogP contribution in [0, 0.1) is 0 Å². The van der Waals surface area contributed by atoms with Gasteiger partial charge < -0.3 is 89.9 Å². The number of hydrogen-bond donors (Lipinski definition) is 12. The molecule has 0 spiro atoms. The molecule has 0 aromatic carbocycles. The molecule has 0 radical (unpaired) electrons. The third-order valence-electron chi connectivity index (χ3n) is 17.4. The molecule has 3 saturated heterocycles. The molecule has 0 aromatic rings. The predicted octanol–water partition coefficient (Wildman–Crippen LogP) is 9.00. The average Bonchev–Trinajstić information content (AvgIpc) is 3.71. The van der Waals surface area contributed by atoms with Crippen molar-refractivity contribution in [2.24, 2.45) is 0 Å². The maximum absolute atomic E-state index is 13.4. The zero-order chi connectivity index (χ0) is 64.0. The largest absolute Gasteiger partial charge is 0.394 e. The SMILES string of the molecule is CCCCCCC/C=C\C/C=C\C/C=C\CCCCCCCCCCC(=O)NC(COC1OC(CO)C(OC2OC(CO)C(OC3OC(CO)C(O)C(O)C3O)C(O)C2O)C(O)C1O)C(O)/C=C/CCCCCCCCCCCCCCCCCCCC. The molecule has 17 atom stereocenters. The Morgan fingerprint density at radius 3 is 1.17 bits per heavy atom. The molecular formula is C69H125NO18. The van der Waals surface area contributed by atoms with Crippen molar-refractivity contribution in [1.29, 1.82) is 0 Å². The number of ether oxygens (including phenoxy) is 6. The highest BCUT2D eigenvalue weighted by Crippen LogP contribution is 2.33. The number of carbonyl (C=O) groups is 1. The summed E-state index contributed by atoms with van der Waals surface area (Å²) in [6.07, 6.45) is 33.6. The summed E-state index contributed by atoms with van der Waals surface area (Å²) in [6.45, 7) is 1.73. The van der Waals surface area contributed by atoms with Gasteiger partial charge in [-0.25, -0.2) is 0 Å². The molecule has 3 aliphatic heterocycles. The van der Waals surface area contributed by atoms with E-state index >= 15 is 0 Å². The van der Waals surface area contributed by atoms with Gasteiger partial charge in [-0.3, -0.25) is 4.79 Å². The number of rotatable bonds is 53. The van der Waals surface area contributed by atoms with Gasteiger partial charge in [-0.2, -0.15) is 0 Å². The topological polar surface area (TPSA) is 307 Å². The lowest BCUT2D eigenvalue weighted by molar-refractivity contribution is -0.379. The number of amides is 1. The average molecular weight is 1260 g/mol. The number of aliphatic hydroxyl groups is 11. The fourth-order valence-electron chi connectivity index (χ4n) is 11.7. The molecule has 0 aromatic heterocycles. The second-order valence-corrected chi connectivity index (χ2v) is 25.0. The molecule has 3 aliphatic rings. The summed E-state index contributed by atoms with van der Waals surface area (Å²) >= 11 is 0. The number of allylic oxidation sites excluding steroid dienone is 7. The summed E-state index contributed by atoms with van der Waals surface area (Å²) in [5.41, 5.74) is 0. The summed E-state index contributed by atoms with van der Waals surface area (Å²) < 4.78 is 34.4. The van der Waals surface area contributed by atoms with Gasteiger partial charge in [0.2, 0.25) is 5.91 Å². The van der Waals surface area contributed by atoms with Gasteiger partial charge in [0.15, 0.2) is 18.9 Å². The van der Waals surface area contributed by atoms with Crippen molar-refractivity contribution < 1.29 is 89.4 Å². The molecule has 0 aliphatic carbocycles. The predicted molar refractivity (Wildman–Crippen MR) is 342 cm³/mol. The van der Waals surface area contributed by atoms with Crippen LogP contribution in [0.1, 0.15) is 251 Å². The summed E-state index contributed by atoms with van der Waals surface area (Å²) in [5, 5.41) is 121. The number of unbranched alkanes of at least 4 members (excludes halogenated alkanes) is 31. The first-order chi connectivity index (χ1) is 42.8. The van der Waals surface area contributed by atoms with Gasteiger partial charge in [0.25, 0.3) is 0 Å². The van der Waals surface area contributed by atoms with Crippen LogP contribution in [0.3, 0.4) is 0 Å². The van der Waals surface area contributed by atoms with Crippen molar-refractivity contribution in [2.45, 2.75) is 356 Å². The van der Waals surface area contributed by atoms with Crippen molar-refractivity contribution in [2.75, 3.05) is 26.4 Å². The number of carbonyl (C=O) groups excluding carboxylic acids is 1. The van der Waals surface area contributed by atoms with Gasteiger partial charge in [-0.1, -0.05) is 236 Å². The molecule has 17 unspecified atom stereocenters. The van der Waals surface area contributed by atoms with E-state index in [1.807, 2.05) is 6.08 Å². The Labute approximate surface area is 529 Å². The van der Waals surface area contributed by atoms with E-state index in [2.05, 4.69) is 55.6 Å². The van der Waals surface area contributed by atoms with Crippen LogP contribution in [0.2, 0.25) is 0 Å². The Morgan fingerprint density at radius 1 is 0.409 bits per heavy atom. The Morgan fingerprint density at radius 2 is 0.750 bits per heavy atom. The Kier molecular flexibility index (Phi) is 46.5. The third kappa shape index (κ3) is 33.0. The molecule has 3 fully saturated rings. The Balaban J connectivity index is 1.45. The van der Waals surface area contributed by atoms with Crippen LogP contribution in [0.15, 0.2) is 48.6 Å². The van der Waals surface area contributed by atoms with E-state index in [0.29, 0.717) is 6.42 Å². The van der Waals surface area contributed by atoms with Gasteiger partial charge in [0.1, 0.15) is 73.2 Å². The van der Waals surface area contributed by atoms with E-state index in [4.69, 9.17) is 28.4 Å². The quantitative estimate of drug-likeness (QED) is 0.0200. The first-order valence-electron chi connectivity index (χ1n) is 34.9. The first-order valence-corrected chi connectivity index (χ1v) is 34.9. The minimum atomic E-state index is -1.98. The monoisotopic (exact) mass is 1260 g/mol. The van der Waals surface area contributed by atoms with Crippen LogP contribution in [0.25, 0.3) is 0 Å². The number of aliphatic hydroxyl groups excluding tert-OH is 11. The molecule has 19 nitrogen and oxygen atoms in total. The molecule has 88 heavy (non-hydrogen) atoms. The molecule has 3 rings (SSSR count). The molecular weight excluding hydrogens is 1130 g/mol. The Hall–Kier alpha value is -2.25. The lowest BCUT2D eigenvalue weighted by Gasteiger charge is -2.48. The van der Waals surface area contributed by atoms with Gasteiger partial charge in [0.05, 0.1) is 38.6 Å². The lowest BCUT2D eigenvalue weighted by atomic mass is 9.96. The summed E-state index contributed by atoms with van der Waals surface area (Å²) in [6, 6.07) is -0.979. The third-order valence-corrected chi connectivity index (χ3v) is 17.4. The second kappa shape index (κ2) is 51.2. The van der Waals surface area contributed by atoms with Gasteiger partial charge in [0, 0.05) is 6.42 Å². The van der Waals surface area contributed by atoms with Crippen LogP contribution in [-0.2, 0) is 33.2 Å². The van der Waals surface area contributed by atoms with Gasteiger partial charge >= 0.3 is 0 Å². The number of nitrogens with one attached hydrogen (secondary N) is 1. The smallest absolute Gasteiger partial charge is 0.220 e. The van der Waals surface area contributed by atoms with Crippen LogP contribution < -0.4 is 5.32 Å². The van der Waals surface area contributed by atoms with Crippen molar-refractivity contribution in [3.63, 3.8) is 0 Å². The Bertz CT molecular complexity index is 1790. The fourth-order valence-corrected chi connectivity index (χ4v) is 11.7. The highest BCUT2D eigenvalue weighted by Gasteiger charge is 2.53. The summed E-state index contributed by atoms with van der Waals surface area (Å²) in [7, 11) is 0. The van der Waals surface area contributed by atoms with Crippen molar-refractivity contribution in [3.05, 3.63) is 48.6 Å². The fraction of sp³-hybridized carbons (Fsp3) is 0.870. The first kappa shape index (κ1) is 80.0.